The third-order valence-electron chi connectivity index (χ3n) is 7.00. The van der Waals surface area contributed by atoms with E-state index in [1.807, 2.05) is 12.1 Å². The summed E-state index contributed by atoms with van der Waals surface area (Å²) in [4.78, 5) is 15.2. The van der Waals surface area contributed by atoms with Gasteiger partial charge in [0.05, 0.1) is 12.0 Å². The van der Waals surface area contributed by atoms with Gasteiger partial charge in [-0.2, -0.15) is 0 Å². The molecule has 2 aromatic carbocycles. The van der Waals surface area contributed by atoms with E-state index < -0.39 is 0 Å². The van der Waals surface area contributed by atoms with Crippen LogP contribution in [0.5, 0.6) is 0 Å². The fourth-order valence-electron chi connectivity index (χ4n) is 5.08. The summed E-state index contributed by atoms with van der Waals surface area (Å²) >= 11 is 0. The van der Waals surface area contributed by atoms with Crippen LogP contribution >= 0.6 is 0 Å². The van der Waals surface area contributed by atoms with Gasteiger partial charge in [0.25, 0.3) is 0 Å². The van der Waals surface area contributed by atoms with Crippen molar-refractivity contribution in [1.29, 1.82) is 0 Å². The number of nitrogens with one attached hydrogen (secondary N) is 1. The molecule has 1 aliphatic heterocycles. The Morgan fingerprint density at radius 1 is 1.03 bits per heavy atom. The monoisotopic (exact) mass is 424 g/mol. The van der Waals surface area contributed by atoms with E-state index in [0.717, 1.165) is 43.4 Å². The van der Waals surface area contributed by atoms with Crippen LogP contribution in [0.2, 0.25) is 0 Å². The van der Waals surface area contributed by atoms with Gasteiger partial charge in [-0.05, 0) is 73.4 Å². The summed E-state index contributed by atoms with van der Waals surface area (Å²) < 4.78 is 18.9. The first-order chi connectivity index (χ1) is 15.1. The normalized spacial score (nSPS) is 25.6. The third kappa shape index (κ3) is 5.27. The maximum absolute atomic E-state index is 13.4. The Labute approximate surface area is 184 Å². The van der Waals surface area contributed by atoms with Crippen LogP contribution in [0.15, 0.2) is 48.5 Å². The summed E-state index contributed by atoms with van der Waals surface area (Å²) in [5.41, 5.74) is 3.42. The highest BCUT2D eigenvalue weighted by Crippen LogP contribution is 2.35. The van der Waals surface area contributed by atoms with Crippen LogP contribution in [0.1, 0.15) is 43.7 Å². The van der Waals surface area contributed by atoms with Crippen LogP contribution in [0, 0.1) is 17.7 Å². The van der Waals surface area contributed by atoms with Crippen molar-refractivity contribution in [1.82, 2.24) is 5.32 Å². The van der Waals surface area contributed by atoms with Crippen LogP contribution < -0.4 is 10.2 Å². The first-order valence-corrected chi connectivity index (χ1v) is 11.5. The maximum Gasteiger partial charge on any atom is 0.225 e. The molecule has 4 atom stereocenters. The average Bonchev–Trinajstić information content (AvgIpc) is 2.80. The van der Waals surface area contributed by atoms with Crippen molar-refractivity contribution in [3.8, 4) is 0 Å². The number of amides is 1. The molecule has 1 saturated carbocycles. The molecule has 0 radical (unpaired) electrons. The molecule has 4 rings (SSSR count). The highest BCUT2D eigenvalue weighted by molar-refractivity contribution is 5.80. The van der Waals surface area contributed by atoms with E-state index in [2.05, 4.69) is 41.4 Å². The number of hydrogen-bond acceptors (Lipinski definition) is 3. The number of rotatable bonds is 7. The highest BCUT2D eigenvalue weighted by Gasteiger charge is 2.40. The molecule has 0 bridgehead atoms. The minimum absolute atomic E-state index is 0.0494. The zero-order valence-electron chi connectivity index (χ0n) is 18.5. The summed E-state index contributed by atoms with van der Waals surface area (Å²) in [6.07, 6.45) is 5.25. The molecule has 1 heterocycles. The summed E-state index contributed by atoms with van der Waals surface area (Å²) in [5.74, 6) is 0.384. The summed E-state index contributed by atoms with van der Waals surface area (Å²) in [6.45, 7) is 3.45. The molecule has 2 aromatic rings. The first-order valence-electron chi connectivity index (χ1n) is 11.5. The Hall–Kier alpha value is -2.40. The molecular weight excluding hydrogens is 391 g/mol. The Kier molecular flexibility index (Phi) is 6.91. The topological polar surface area (TPSA) is 41.6 Å². The Balaban J connectivity index is 1.51. The number of benzene rings is 2. The van der Waals surface area contributed by atoms with Gasteiger partial charge in [0, 0.05) is 31.9 Å². The number of anilines is 1. The molecule has 1 N–H and O–H groups in total. The number of carbonyl (C=O) groups excluding carboxylic acids is 1. The molecule has 1 amide bonds. The van der Waals surface area contributed by atoms with Gasteiger partial charge in [-0.15, -0.1) is 0 Å². The molecule has 4 unspecified atom stereocenters. The SMILES string of the molecule is CCc1ccc(N(Cc2ccc(F)cc2)CC2CC3CCC(OC)CC3NC2=O)cc1. The average molecular weight is 425 g/mol. The maximum atomic E-state index is 13.4. The molecular formula is C26H33FN2O2. The van der Waals surface area contributed by atoms with E-state index in [1.165, 1.54) is 17.7 Å². The number of hydrogen-bond donors (Lipinski definition) is 1. The predicted molar refractivity (Wildman–Crippen MR) is 121 cm³/mol. The lowest BCUT2D eigenvalue weighted by Crippen LogP contribution is -2.54. The smallest absolute Gasteiger partial charge is 0.225 e. The van der Waals surface area contributed by atoms with Gasteiger partial charge < -0.3 is 15.0 Å². The van der Waals surface area contributed by atoms with Crippen LogP contribution in [0.25, 0.3) is 0 Å². The molecule has 5 heteroatoms. The number of aryl methyl sites for hydroxylation is 1. The van der Waals surface area contributed by atoms with Gasteiger partial charge in [-0.3, -0.25) is 4.79 Å². The molecule has 2 fully saturated rings. The second-order valence-corrected chi connectivity index (χ2v) is 9.01. The van der Waals surface area contributed by atoms with Crippen molar-refractivity contribution < 1.29 is 13.9 Å². The molecule has 166 valence electrons. The summed E-state index contributed by atoms with van der Waals surface area (Å²) in [6, 6.07) is 15.4. The van der Waals surface area contributed by atoms with E-state index in [9.17, 15) is 9.18 Å². The van der Waals surface area contributed by atoms with Gasteiger partial charge in [0.15, 0.2) is 0 Å². The highest BCUT2D eigenvalue weighted by atomic mass is 19.1. The van der Waals surface area contributed by atoms with Crippen molar-refractivity contribution in [2.45, 2.75) is 57.7 Å². The molecule has 0 spiro atoms. The molecule has 2 aliphatic rings. The second kappa shape index (κ2) is 9.82. The number of nitrogens with zero attached hydrogens (tertiary/aromatic N) is 1. The number of carbonyl (C=O) groups is 1. The van der Waals surface area contributed by atoms with E-state index >= 15 is 0 Å². The number of fused-ring (bicyclic) bond motifs is 1. The number of piperidine rings is 1. The van der Waals surface area contributed by atoms with Crippen molar-refractivity contribution in [2.24, 2.45) is 11.8 Å². The predicted octanol–water partition coefficient (Wildman–Crippen LogP) is 4.71. The van der Waals surface area contributed by atoms with Gasteiger partial charge in [-0.1, -0.05) is 31.2 Å². The number of halogens is 1. The van der Waals surface area contributed by atoms with E-state index in [-0.39, 0.29) is 29.8 Å². The van der Waals surface area contributed by atoms with Crippen molar-refractivity contribution in [2.75, 3.05) is 18.6 Å². The van der Waals surface area contributed by atoms with Crippen LogP contribution in [0.4, 0.5) is 10.1 Å². The minimum atomic E-state index is -0.230. The van der Waals surface area contributed by atoms with Crippen LogP contribution in [0.3, 0.4) is 0 Å². The van der Waals surface area contributed by atoms with E-state index in [1.54, 1.807) is 7.11 Å². The fraction of sp³-hybridized carbons (Fsp3) is 0.500. The molecule has 1 aliphatic carbocycles. The lowest BCUT2D eigenvalue weighted by atomic mass is 9.74. The van der Waals surface area contributed by atoms with E-state index in [0.29, 0.717) is 19.0 Å². The Morgan fingerprint density at radius 3 is 2.42 bits per heavy atom. The Bertz CT molecular complexity index is 868. The molecule has 31 heavy (non-hydrogen) atoms. The fourth-order valence-corrected chi connectivity index (χ4v) is 5.08. The zero-order chi connectivity index (χ0) is 21.8. The summed E-state index contributed by atoms with van der Waals surface area (Å²) in [5, 5.41) is 3.28. The lowest BCUT2D eigenvalue weighted by molar-refractivity contribution is -0.130. The van der Waals surface area contributed by atoms with Gasteiger partial charge in [-0.25, -0.2) is 4.39 Å². The van der Waals surface area contributed by atoms with Crippen LogP contribution in [-0.4, -0.2) is 31.7 Å². The van der Waals surface area contributed by atoms with Crippen molar-refractivity contribution >= 4 is 11.6 Å². The number of ether oxygens (including phenoxy) is 1. The van der Waals surface area contributed by atoms with Gasteiger partial charge in [0.2, 0.25) is 5.91 Å². The zero-order valence-corrected chi connectivity index (χ0v) is 18.5. The minimum Gasteiger partial charge on any atom is -0.381 e. The van der Waals surface area contributed by atoms with Crippen LogP contribution in [-0.2, 0) is 22.5 Å². The van der Waals surface area contributed by atoms with Gasteiger partial charge >= 0.3 is 0 Å². The quantitative estimate of drug-likeness (QED) is 0.700. The van der Waals surface area contributed by atoms with Crippen molar-refractivity contribution in [3.05, 3.63) is 65.5 Å². The Morgan fingerprint density at radius 2 is 1.74 bits per heavy atom. The van der Waals surface area contributed by atoms with Gasteiger partial charge in [0.1, 0.15) is 5.82 Å². The van der Waals surface area contributed by atoms with E-state index in [4.69, 9.17) is 4.74 Å². The molecule has 4 nitrogen and oxygen atoms in total. The molecule has 0 aromatic heterocycles. The number of methoxy groups -OCH3 is 1. The lowest BCUT2D eigenvalue weighted by Gasteiger charge is -2.43. The molecule has 1 saturated heterocycles. The standard InChI is InChI=1S/C26H33FN2O2/c1-3-18-6-11-23(12-7-18)29(16-19-4-9-22(27)10-5-19)17-21-14-20-8-13-24(31-2)15-25(20)28-26(21)30/h4-7,9-12,20-21,24-25H,3,8,13-17H2,1-2H3,(H,28,30). The second-order valence-electron chi connectivity index (χ2n) is 9.01. The first kappa shape index (κ1) is 21.8. The van der Waals surface area contributed by atoms with Crippen molar-refractivity contribution in [3.63, 3.8) is 0 Å². The largest absolute Gasteiger partial charge is 0.381 e. The third-order valence-corrected chi connectivity index (χ3v) is 7.00. The summed E-state index contributed by atoms with van der Waals surface area (Å²) in [7, 11) is 1.76.